The van der Waals surface area contributed by atoms with Crippen molar-refractivity contribution >= 4 is 0 Å². The van der Waals surface area contributed by atoms with Crippen LogP contribution < -0.4 is 10.3 Å². The number of rotatable bonds is 5. The summed E-state index contributed by atoms with van der Waals surface area (Å²) >= 11 is 0. The Hall–Kier alpha value is -3.27. The van der Waals surface area contributed by atoms with Crippen LogP contribution in [0, 0.1) is 12.7 Å². The smallest absolute Gasteiger partial charge is 0.418 e. The van der Waals surface area contributed by atoms with Crippen molar-refractivity contribution < 1.29 is 27.0 Å². The first-order valence-corrected chi connectivity index (χ1v) is 12.8. The molecule has 0 bridgehead atoms. The van der Waals surface area contributed by atoms with Crippen LogP contribution in [0.4, 0.5) is 17.6 Å². The van der Waals surface area contributed by atoms with Crippen LogP contribution in [-0.4, -0.2) is 34.1 Å². The van der Waals surface area contributed by atoms with E-state index in [2.05, 4.69) is 10.1 Å². The minimum atomic E-state index is -4.56. The molecule has 1 aliphatic heterocycles. The van der Waals surface area contributed by atoms with E-state index in [1.807, 2.05) is 13.0 Å². The number of aromatic nitrogens is 3. The lowest BCUT2D eigenvalue weighted by molar-refractivity contribution is -0.138. The molecule has 0 N–H and O–H groups in total. The average molecular weight is 534 g/mol. The molecule has 1 unspecified atom stereocenters. The molecule has 0 amide bonds. The molecule has 2 fully saturated rings. The first-order chi connectivity index (χ1) is 18.2. The van der Waals surface area contributed by atoms with E-state index in [1.54, 1.807) is 12.1 Å². The highest BCUT2D eigenvalue weighted by atomic mass is 19.4. The summed E-state index contributed by atoms with van der Waals surface area (Å²) in [6.07, 6.45) is 2.19. The Kier molecular flexibility index (Phi) is 9.14. The van der Waals surface area contributed by atoms with Gasteiger partial charge in [0.25, 0.3) is 5.56 Å². The third-order valence-corrected chi connectivity index (χ3v) is 6.68. The molecule has 1 saturated carbocycles. The van der Waals surface area contributed by atoms with E-state index in [0.717, 1.165) is 48.4 Å². The standard InChI is InChI=1S/C21H24F3N3O3.C7H7F/c22-21(23,24)17-7-4-9-25-18(17)12-27-20(28)16(14-5-2-1-3-6-14)11-19(26-27)30-15-8-10-29-13-15;1-6-3-2-4-7(8)5-6/h4,7,9,11,14-15H,1-3,5-6,8,10,12-13H2;2-5H,1H3. The normalized spacial score (nSPS) is 18.1. The second-order valence-corrected chi connectivity index (χ2v) is 9.63. The van der Waals surface area contributed by atoms with Gasteiger partial charge in [-0.05, 0) is 55.5 Å². The maximum atomic E-state index is 13.4. The molecule has 2 aromatic heterocycles. The van der Waals surface area contributed by atoms with E-state index in [1.165, 1.54) is 24.4 Å². The Morgan fingerprint density at radius 2 is 1.87 bits per heavy atom. The van der Waals surface area contributed by atoms with Gasteiger partial charge in [0, 0.05) is 24.2 Å². The highest BCUT2D eigenvalue weighted by molar-refractivity contribution is 5.26. The molecule has 6 nitrogen and oxygen atoms in total. The third-order valence-electron chi connectivity index (χ3n) is 6.68. The second kappa shape index (κ2) is 12.5. The van der Waals surface area contributed by atoms with Crippen molar-refractivity contribution in [3.05, 3.63) is 87.2 Å². The Labute approximate surface area is 218 Å². The fraction of sp³-hybridized carbons (Fsp3) is 0.464. The lowest BCUT2D eigenvalue weighted by Gasteiger charge is -2.23. The molecule has 1 atom stereocenters. The summed E-state index contributed by atoms with van der Waals surface area (Å²) in [6.45, 7) is 2.51. The van der Waals surface area contributed by atoms with Crippen molar-refractivity contribution in [2.24, 2.45) is 0 Å². The van der Waals surface area contributed by atoms with Crippen molar-refractivity contribution in [1.82, 2.24) is 14.8 Å². The number of nitrogens with zero attached hydrogens (tertiary/aromatic N) is 3. The Morgan fingerprint density at radius 1 is 1.08 bits per heavy atom. The number of halogens is 4. The number of hydrogen-bond donors (Lipinski definition) is 0. The minimum Gasteiger partial charge on any atom is -0.471 e. The van der Waals surface area contributed by atoms with Gasteiger partial charge in [0.05, 0.1) is 31.0 Å². The lowest BCUT2D eigenvalue weighted by Crippen LogP contribution is -2.31. The number of pyridine rings is 1. The van der Waals surface area contributed by atoms with Gasteiger partial charge >= 0.3 is 6.18 Å². The van der Waals surface area contributed by atoms with Crippen LogP contribution >= 0.6 is 0 Å². The maximum absolute atomic E-state index is 13.4. The van der Waals surface area contributed by atoms with Gasteiger partial charge in [0.15, 0.2) is 0 Å². The maximum Gasteiger partial charge on any atom is 0.418 e. The van der Waals surface area contributed by atoms with Crippen molar-refractivity contribution in [1.29, 1.82) is 0 Å². The summed E-state index contributed by atoms with van der Waals surface area (Å²) < 4.78 is 64.6. The van der Waals surface area contributed by atoms with E-state index < -0.39 is 11.7 Å². The molecule has 1 saturated heterocycles. The van der Waals surface area contributed by atoms with E-state index >= 15 is 0 Å². The number of alkyl halides is 3. The largest absolute Gasteiger partial charge is 0.471 e. The van der Waals surface area contributed by atoms with Gasteiger partial charge in [-0.1, -0.05) is 31.4 Å². The quantitative estimate of drug-likeness (QED) is 0.374. The monoisotopic (exact) mass is 533 g/mol. The van der Waals surface area contributed by atoms with Crippen LogP contribution in [0.1, 0.15) is 66.8 Å². The van der Waals surface area contributed by atoms with E-state index in [0.29, 0.717) is 25.2 Å². The molecule has 2 aliphatic rings. The van der Waals surface area contributed by atoms with Crippen LogP contribution in [0.5, 0.6) is 5.88 Å². The van der Waals surface area contributed by atoms with Gasteiger partial charge in [-0.3, -0.25) is 9.78 Å². The number of benzene rings is 1. The van der Waals surface area contributed by atoms with Crippen molar-refractivity contribution in [2.75, 3.05) is 13.2 Å². The average Bonchev–Trinajstić information content (AvgIpc) is 3.39. The van der Waals surface area contributed by atoms with Crippen molar-refractivity contribution in [2.45, 2.75) is 70.2 Å². The van der Waals surface area contributed by atoms with Gasteiger partial charge in [0.1, 0.15) is 11.9 Å². The highest BCUT2D eigenvalue weighted by Crippen LogP contribution is 2.33. The Balaban J connectivity index is 0.000000360. The zero-order valence-electron chi connectivity index (χ0n) is 21.2. The lowest BCUT2D eigenvalue weighted by atomic mass is 9.85. The molecule has 3 heterocycles. The molecule has 204 valence electrons. The van der Waals surface area contributed by atoms with E-state index in [9.17, 15) is 22.4 Å². The summed E-state index contributed by atoms with van der Waals surface area (Å²) in [4.78, 5) is 17.0. The van der Waals surface area contributed by atoms with Crippen LogP contribution in [0.3, 0.4) is 0 Å². The molecule has 0 spiro atoms. The zero-order chi connectivity index (χ0) is 27.1. The second-order valence-electron chi connectivity index (χ2n) is 9.63. The fourth-order valence-electron chi connectivity index (χ4n) is 4.75. The predicted molar refractivity (Wildman–Crippen MR) is 134 cm³/mol. The SMILES string of the molecule is Cc1cccc(F)c1.O=c1c(C2CCCCC2)cc(OC2CCOC2)nn1Cc1ncccc1C(F)(F)F. The summed E-state index contributed by atoms with van der Waals surface area (Å²) in [6, 6.07) is 10.4. The van der Waals surface area contributed by atoms with Crippen LogP contribution in [0.15, 0.2) is 53.5 Å². The van der Waals surface area contributed by atoms with Gasteiger partial charge in [-0.2, -0.15) is 13.2 Å². The molecule has 1 aromatic carbocycles. The van der Waals surface area contributed by atoms with E-state index in [4.69, 9.17) is 9.47 Å². The summed E-state index contributed by atoms with van der Waals surface area (Å²) in [5.74, 6) is 0.147. The first-order valence-electron chi connectivity index (χ1n) is 12.8. The summed E-state index contributed by atoms with van der Waals surface area (Å²) in [5, 5.41) is 4.23. The first kappa shape index (κ1) is 27.8. The Morgan fingerprint density at radius 3 is 2.50 bits per heavy atom. The molecule has 10 heteroatoms. The molecular weight excluding hydrogens is 502 g/mol. The molecule has 0 radical (unpaired) electrons. The van der Waals surface area contributed by atoms with Crippen LogP contribution in [0.25, 0.3) is 0 Å². The third kappa shape index (κ3) is 7.40. The van der Waals surface area contributed by atoms with Gasteiger partial charge in [-0.15, -0.1) is 5.10 Å². The van der Waals surface area contributed by atoms with Crippen molar-refractivity contribution in [3.8, 4) is 5.88 Å². The summed E-state index contributed by atoms with van der Waals surface area (Å²) in [5.41, 5.74) is 0.0350. The Bertz CT molecular complexity index is 1250. The van der Waals surface area contributed by atoms with Crippen LogP contribution in [0.2, 0.25) is 0 Å². The molecule has 38 heavy (non-hydrogen) atoms. The van der Waals surface area contributed by atoms with Gasteiger partial charge in [-0.25, -0.2) is 9.07 Å². The minimum absolute atomic E-state index is 0.0634. The number of hydrogen-bond acceptors (Lipinski definition) is 5. The molecular formula is C28H31F4N3O3. The fourth-order valence-corrected chi connectivity index (χ4v) is 4.75. The van der Waals surface area contributed by atoms with Gasteiger partial charge < -0.3 is 9.47 Å². The predicted octanol–water partition coefficient (Wildman–Crippen LogP) is 6.05. The zero-order valence-corrected chi connectivity index (χ0v) is 21.2. The van der Waals surface area contributed by atoms with Gasteiger partial charge in [0.2, 0.25) is 5.88 Å². The number of aryl methyl sites for hydroxylation is 1. The molecule has 3 aromatic rings. The highest BCUT2D eigenvalue weighted by Gasteiger charge is 2.34. The van der Waals surface area contributed by atoms with E-state index in [-0.39, 0.29) is 41.5 Å². The summed E-state index contributed by atoms with van der Waals surface area (Å²) in [7, 11) is 0. The topological polar surface area (TPSA) is 66.2 Å². The van der Waals surface area contributed by atoms with Crippen LogP contribution in [-0.2, 0) is 17.5 Å². The molecule has 5 rings (SSSR count). The molecule has 1 aliphatic carbocycles. The number of ether oxygens (including phenoxy) is 2. The van der Waals surface area contributed by atoms with Crippen molar-refractivity contribution in [3.63, 3.8) is 0 Å².